The molecule has 2 aromatic rings. The lowest BCUT2D eigenvalue weighted by Crippen LogP contribution is -2.04. The predicted octanol–water partition coefficient (Wildman–Crippen LogP) is 3.34. The van der Waals surface area contributed by atoms with Crippen LogP contribution < -0.4 is 10.1 Å². The van der Waals surface area contributed by atoms with Gasteiger partial charge in [-0.1, -0.05) is 6.07 Å². The Morgan fingerprint density at radius 3 is 2.55 bits per heavy atom. The summed E-state index contributed by atoms with van der Waals surface area (Å²) >= 11 is 0. The molecule has 1 aliphatic carbocycles. The second-order valence-corrected chi connectivity index (χ2v) is 5.39. The van der Waals surface area contributed by atoms with Crippen LogP contribution in [-0.2, 0) is 0 Å². The molecule has 1 saturated carbocycles. The van der Waals surface area contributed by atoms with E-state index in [1.807, 2.05) is 19.1 Å². The van der Waals surface area contributed by atoms with Crippen molar-refractivity contribution in [1.29, 1.82) is 0 Å². The van der Waals surface area contributed by atoms with Crippen molar-refractivity contribution in [1.82, 2.24) is 10.2 Å². The SMILES string of the molecule is COc1c(C)cc(C)cc1-c1ccc(NC2CC2)nn1. The Morgan fingerprint density at radius 1 is 1.15 bits per heavy atom. The highest BCUT2D eigenvalue weighted by atomic mass is 16.5. The number of nitrogens with zero attached hydrogens (tertiary/aromatic N) is 2. The summed E-state index contributed by atoms with van der Waals surface area (Å²) in [6, 6.07) is 8.76. The lowest BCUT2D eigenvalue weighted by molar-refractivity contribution is 0.413. The molecule has 3 rings (SSSR count). The molecule has 1 fully saturated rings. The van der Waals surface area contributed by atoms with E-state index in [0.29, 0.717) is 6.04 Å². The second-order valence-electron chi connectivity index (χ2n) is 5.39. The van der Waals surface area contributed by atoms with Gasteiger partial charge in [0, 0.05) is 11.6 Å². The van der Waals surface area contributed by atoms with Crippen molar-refractivity contribution < 1.29 is 4.74 Å². The smallest absolute Gasteiger partial charge is 0.148 e. The number of methoxy groups -OCH3 is 1. The molecule has 1 heterocycles. The van der Waals surface area contributed by atoms with Gasteiger partial charge in [-0.3, -0.25) is 0 Å². The van der Waals surface area contributed by atoms with Gasteiger partial charge in [-0.15, -0.1) is 10.2 Å². The summed E-state index contributed by atoms with van der Waals surface area (Å²) < 4.78 is 5.51. The maximum Gasteiger partial charge on any atom is 0.148 e. The van der Waals surface area contributed by atoms with Crippen molar-refractivity contribution in [2.75, 3.05) is 12.4 Å². The summed E-state index contributed by atoms with van der Waals surface area (Å²) in [5.41, 5.74) is 4.15. The van der Waals surface area contributed by atoms with Crippen molar-refractivity contribution >= 4 is 5.82 Å². The molecule has 0 spiro atoms. The Labute approximate surface area is 119 Å². The number of ether oxygens (including phenoxy) is 1. The van der Waals surface area contributed by atoms with Crippen LogP contribution >= 0.6 is 0 Å². The standard InChI is InChI=1S/C16H19N3O/c1-10-8-11(2)16(20-3)13(9-10)14-6-7-15(19-18-14)17-12-4-5-12/h6-9,12H,4-5H2,1-3H3,(H,17,19). The molecule has 0 radical (unpaired) electrons. The van der Waals surface area contributed by atoms with Gasteiger partial charge in [0.2, 0.25) is 0 Å². The van der Waals surface area contributed by atoms with Crippen LogP contribution in [0.5, 0.6) is 5.75 Å². The molecule has 0 unspecified atom stereocenters. The molecule has 20 heavy (non-hydrogen) atoms. The third-order valence-corrected chi connectivity index (χ3v) is 3.49. The van der Waals surface area contributed by atoms with E-state index in [0.717, 1.165) is 28.4 Å². The second kappa shape index (κ2) is 5.12. The Kier molecular flexibility index (Phi) is 3.30. The topological polar surface area (TPSA) is 47.0 Å². The van der Waals surface area contributed by atoms with Gasteiger partial charge in [-0.2, -0.15) is 0 Å². The highest BCUT2D eigenvalue weighted by Gasteiger charge is 2.21. The number of aryl methyl sites for hydroxylation is 2. The highest BCUT2D eigenvalue weighted by Crippen LogP contribution is 2.33. The first-order valence-corrected chi connectivity index (χ1v) is 6.93. The van der Waals surface area contributed by atoms with E-state index in [-0.39, 0.29) is 0 Å². The molecule has 1 aromatic carbocycles. The normalized spacial score (nSPS) is 14.2. The molecule has 0 amide bonds. The van der Waals surface area contributed by atoms with Gasteiger partial charge in [0.25, 0.3) is 0 Å². The molecule has 0 atom stereocenters. The molecule has 0 aliphatic heterocycles. The van der Waals surface area contributed by atoms with E-state index in [1.165, 1.54) is 18.4 Å². The Balaban J connectivity index is 1.95. The first-order valence-electron chi connectivity index (χ1n) is 6.93. The number of anilines is 1. The van der Waals surface area contributed by atoms with Crippen molar-refractivity contribution in [3.05, 3.63) is 35.4 Å². The Morgan fingerprint density at radius 2 is 1.95 bits per heavy atom. The zero-order valence-corrected chi connectivity index (χ0v) is 12.1. The molecule has 1 aromatic heterocycles. The van der Waals surface area contributed by atoms with Gasteiger partial charge in [0.05, 0.1) is 12.8 Å². The van der Waals surface area contributed by atoms with Crippen molar-refractivity contribution in [3.63, 3.8) is 0 Å². The molecular weight excluding hydrogens is 250 g/mol. The first-order chi connectivity index (χ1) is 9.67. The molecule has 0 bridgehead atoms. The maximum absolute atomic E-state index is 5.51. The van der Waals surface area contributed by atoms with Crippen molar-refractivity contribution in [3.8, 4) is 17.0 Å². The van der Waals surface area contributed by atoms with Crippen molar-refractivity contribution in [2.45, 2.75) is 32.7 Å². The average molecular weight is 269 g/mol. The fourth-order valence-electron chi connectivity index (χ4n) is 2.41. The van der Waals surface area contributed by atoms with Gasteiger partial charge in [0.15, 0.2) is 0 Å². The summed E-state index contributed by atoms with van der Waals surface area (Å²) in [6.45, 7) is 4.12. The summed E-state index contributed by atoms with van der Waals surface area (Å²) in [5.74, 6) is 1.72. The minimum atomic E-state index is 0.589. The zero-order valence-electron chi connectivity index (χ0n) is 12.1. The van der Waals surface area contributed by atoms with Gasteiger partial charge in [-0.05, 0) is 56.0 Å². The Hall–Kier alpha value is -2.10. The summed E-state index contributed by atoms with van der Waals surface area (Å²) in [5, 5.41) is 11.9. The third kappa shape index (κ3) is 2.59. The molecule has 0 saturated heterocycles. The number of rotatable bonds is 4. The van der Waals surface area contributed by atoms with Crippen LogP contribution in [0, 0.1) is 13.8 Å². The monoisotopic (exact) mass is 269 g/mol. The van der Waals surface area contributed by atoms with E-state index in [1.54, 1.807) is 7.11 Å². The van der Waals surface area contributed by atoms with Crippen LogP contribution in [0.15, 0.2) is 24.3 Å². The van der Waals surface area contributed by atoms with Crippen LogP contribution in [-0.4, -0.2) is 23.3 Å². The number of hydrogen-bond donors (Lipinski definition) is 1. The molecule has 1 N–H and O–H groups in total. The van der Waals surface area contributed by atoms with E-state index in [2.05, 4.69) is 34.6 Å². The first kappa shape index (κ1) is 12.9. The minimum absolute atomic E-state index is 0.589. The van der Waals surface area contributed by atoms with Crippen molar-refractivity contribution in [2.24, 2.45) is 0 Å². The predicted molar refractivity (Wildman–Crippen MR) is 80.1 cm³/mol. The van der Waals surface area contributed by atoms with Gasteiger partial charge in [-0.25, -0.2) is 0 Å². The van der Waals surface area contributed by atoms with Crippen LogP contribution in [0.25, 0.3) is 11.3 Å². The molecule has 4 nitrogen and oxygen atoms in total. The quantitative estimate of drug-likeness (QED) is 0.924. The maximum atomic E-state index is 5.51. The van der Waals surface area contributed by atoms with Crippen LogP contribution in [0.3, 0.4) is 0 Å². The van der Waals surface area contributed by atoms with Gasteiger partial charge < -0.3 is 10.1 Å². The molecular formula is C16H19N3O. The number of hydrogen-bond acceptors (Lipinski definition) is 4. The Bertz CT molecular complexity index is 618. The fourth-order valence-corrected chi connectivity index (χ4v) is 2.41. The minimum Gasteiger partial charge on any atom is -0.496 e. The summed E-state index contributed by atoms with van der Waals surface area (Å²) in [6.07, 6.45) is 2.46. The van der Waals surface area contributed by atoms with Gasteiger partial charge in [0.1, 0.15) is 11.6 Å². The molecule has 1 aliphatic rings. The van der Waals surface area contributed by atoms with E-state index in [4.69, 9.17) is 4.74 Å². The van der Waals surface area contributed by atoms with Gasteiger partial charge >= 0.3 is 0 Å². The lowest BCUT2D eigenvalue weighted by atomic mass is 10.0. The zero-order chi connectivity index (χ0) is 14.1. The largest absolute Gasteiger partial charge is 0.496 e. The lowest BCUT2D eigenvalue weighted by Gasteiger charge is -2.12. The molecule has 104 valence electrons. The fraction of sp³-hybridized carbons (Fsp3) is 0.375. The molecule has 4 heteroatoms. The van der Waals surface area contributed by atoms with Crippen LogP contribution in [0.1, 0.15) is 24.0 Å². The number of aromatic nitrogens is 2. The summed E-state index contributed by atoms with van der Waals surface area (Å²) in [4.78, 5) is 0. The average Bonchev–Trinajstić information content (AvgIpc) is 3.23. The summed E-state index contributed by atoms with van der Waals surface area (Å²) in [7, 11) is 1.69. The van der Waals surface area contributed by atoms with Crippen LogP contribution in [0.4, 0.5) is 5.82 Å². The third-order valence-electron chi connectivity index (χ3n) is 3.49. The number of benzene rings is 1. The van der Waals surface area contributed by atoms with E-state index < -0.39 is 0 Å². The highest BCUT2D eigenvalue weighted by molar-refractivity contribution is 5.70. The van der Waals surface area contributed by atoms with E-state index >= 15 is 0 Å². The van der Waals surface area contributed by atoms with Crippen LogP contribution in [0.2, 0.25) is 0 Å². The van der Waals surface area contributed by atoms with E-state index in [9.17, 15) is 0 Å². The number of nitrogens with one attached hydrogen (secondary N) is 1.